The molecular formula is C7H3BrF3S. The van der Waals surface area contributed by atoms with Crippen LogP contribution in [0.4, 0.5) is 13.2 Å². The van der Waals surface area contributed by atoms with E-state index in [0.717, 1.165) is 0 Å². The van der Waals surface area contributed by atoms with E-state index in [-0.39, 0.29) is 16.7 Å². The number of thioether (sulfide) groups is 1. The third-order valence-electron chi connectivity index (χ3n) is 0.958. The van der Waals surface area contributed by atoms with Gasteiger partial charge in [-0.3, -0.25) is 0 Å². The molecular weight excluding hydrogens is 253 g/mol. The number of hydrogen-bond acceptors (Lipinski definition) is 1. The van der Waals surface area contributed by atoms with Crippen LogP contribution in [-0.4, -0.2) is 5.51 Å². The third-order valence-corrected chi connectivity index (χ3v) is 2.11. The van der Waals surface area contributed by atoms with E-state index < -0.39 is 5.51 Å². The van der Waals surface area contributed by atoms with Gasteiger partial charge in [-0.1, -0.05) is 22.0 Å². The highest BCUT2D eigenvalue weighted by atomic mass is 79.9. The Morgan fingerprint density at radius 3 is 2.50 bits per heavy atom. The third kappa shape index (κ3) is 3.49. The van der Waals surface area contributed by atoms with Gasteiger partial charge in [0.05, 0.1) is 0 Å². The average Bonchev–Trinajstić information content (AvgIpc) is 1.82. The zero-order chi connectivity index (χ0) is 9.19. The molecule has 0 amide bonds. The van der Waals surface area contributed by atoms with Gasteiger partial charge in [-0.05, 0) is 23.9 Å². The van der Waals surface area contributed by atoms with Crippen LogP contribution in [-0.2, 0) is 0 Å². The molecule has 0 fully saturated rings. The maximum Gasteiger partial charge on any atom is 0.446 e. The van der Waals surface area contributed by atoms with Gasteiger partial charge in [-0.2, -0.15) is 13.2 Å². The summed E-state index contributed by atoms with van der Waals surface area (Å²) in [6.45, 7) is 0. The van der Waals surface area contributed by atoms with Crippen molar-refractivity contribution in [1.29, 1.82) is 0 Å². The maximum atomic E-state index is 11.8. The lowest BCUT2D eigenvalue weighted by Crippen LogP contribution is -1.98. The van der Waals surface area contributed by atoms with Crippen LogP contribution in [0.5, 0.6) is 0 Å². The second-order valence-corrected chi connectivity index (χ2v) is 3.87. The van der Waals surface area contributed by atoms with Crippen molar-refractivity contribution in [2.75, 3.05) is 0 Å². The van der Waals surface area contributed by atoms with Crippen molar-refractivity contribution in [2.24, 2.45) is 0 Å². The summed E-state index contributed by atoms with van der Waals surface area (Å²) in [5.74, 6) is 0. The van der Waals surface area contributed by atoms with Crippen LogP contribution < -0.4 is 0 Å². The standard InChI is InChI=1S/C7H3BrF3S/c8-5-2-1-3-6(4-5)12-7(9,10)11/h1-3H. The molecule has 0 bridgehead atoms. The van der Waals surface area contributed by atoms with E-state index in [2.05, 4.69) is 22.0 Å². The zero-order valence-corrected chi connectivity index (χ0v) is 8.05. The Morgan fingerprint density at radius 2 is 2.00 bits per heavy atom. The van der Waals surface area contributed by atoms with Gasteiger partial charge in [0.2, 0.25) is 0 Å². The highest BCUT2D eigenvalue weighted by Crippen LogP contribution is 2.37. The molecule has 0 aromatic heterocycles. The van der Waals surface area contributed by atoms with Gasteiger partial charge < -0.3 is 0 Å². The molecule has 0 heterocycles. The van der Waals surface area contributed by atoms with Crippen molar-refractivity contribution in [3.63, 3.8) is 0 Å². The van der Waals surface area contributed by atoms with E-state index in [1.54, 1.807) is 6.07 Å². The number of hydrogen-bond donors (Lipinski definition) is 0. The van der Waals surface area contributed by atoms with Crippen molar-refractivity contribution < 1.29 is 13.2 Å². The summed E-state index contributed by atoms with van der Waals surface area (Å²) in [6.07, 6.45) is 0. The van der Waals surface area contributed by atoms with Crippen LogP contribution in [0.25, 0.3) is 0 Å². The van der Waals surface area contributed by atoms with E-state index in [9.17, 15) is 13.2 Å². The molecule has 0 unspecified atom stereocenters. The first-order valence-corrected chi connectivity index (χ1v) is 4.52. The molecule has 0 saturated carbocycles. The second kappa shape index (κ2) is 3.70. The summed E-state index contributed by atoms with van der Waals surface area (Å²) in [7, 11) is 0. The van der Waals surface area contributed by atoms with E-state index in [4.69, 9.17) is 0 Å². The van der Waals surface area contributed by atoms with Gasteiger partial charge in [0.15, 0.2) is 0 Å². The van der Waals surface area contributed by atoms with Crippen molar-refractivity contribution in [3.05, 3.63) is 28.7 Å². The van der Waals surface area contributed by atoms with E-state index >= 15 is 0 Å². The monoisotopic (exact) mass is 255 g/mol. The first-order chi connectivity index (χ1) is 5.47. The molecule has 1 aromatic carbocycles. The molecule has 1 rings (SSSR count). The molecule has 12 heavy (non-hydrogen) atoms. The Hall–Kier alpha value is -0.160. The molecule has 1 aromatic rings. The first-order valence-electron chi connectivity index (χ1n) is 2.91. The minimum Gasteiger partial charge on any atom is -0.160 e. The van der Waals surface area contributed by atoms with E-state index in [1.807, 2.05) is 0 Å². The molecule has 0 nitrogen and oxygen atoms in total. The zero-order valence-electron chi connectivity index (χ0n) is 5.65. The fraction of sp³-hybridized carbons (Fsp3) is 0.143. The molecule has 1 radical (unpaired) electrons. The molecule has 5 heteroatoms. The lowest BCUT2D eigenvalue weighted by molar-refractivity contribution is -0.0328. The normalized spacial score (nSPS) is 11.7. The number of alkyl halides is 3. The Bertz CT molecular complexity index is 272. The quantitative estimate of drug-likeness (QED) is 0.687. The molecule has 0 aliphatic rings. The molecule has 0 atom stereocenters. The van der Waals surface area contributed by atoms with Crippen molar-refractivity contribution >= 4 is 27.7 Å². The minimum absolute atomic E-state index is 0.0666. The maximum absolute atomic E-state index is 11.8. The summed E-state index contributed by atoms with van der Waals surface area (Å²) < 4.78 is 35.9. The van der Waals surface area contributed by atoms with Crippen molar-refractivity contribution in [3.8, 4) is 0 Å². The second-order valence-electron chi connectivity index (χ2n) is 1.91. The average molecular weight is 256 g/mol. The van der Waals surface area contributed by atoms with Gasteiger partial charge in [0.25, 0.3) is 0 Å². The van der Waals surface area contributed by atoms with Gasteiger partial charge in [0, 0.05) is 15.4 Å². The van der Waals surface area contributed by atoms with Gasteiger partial charge in [-0.25, -0.2) is 0 Å². The minimum atomic E-state index is -4.24. The summed E-state index contributed by atoms with van der Waals surface area (Å²) in [4.78, 5) is 0.0666. The van der Waals surface area contributed by atoms with Crippen LogP contribution in [0.1, 0.15) is 0 Å². The smallest absolute Gasteiger partial charge is 0.160 e. The Labute approximate surface area is 80.3 Å². The summed E-state index contributed by atoms with van der Waals surface area (Å²) in [5.41, 5.74) is -4.24. The lowest BCUT2D eigenvalue weighted by Gasteiger charge is -2.04. The Balaban J connectivity index is 2.77. The van der Waals surface area contributed by atoms with Gasteiger partial charge >= 0.3 is 5.51 Å². The number of benzene rings is 1. The number of halogens is 4. The molecule has 0 spiro atoms. The van der Waals surface area contributed by atoms with Crippen molar-refractivity contribution in [2.45, 2.75) is 10.4 Å². The molecule has 0 aliphatic carbocycles. The van der Waals surface area contributed by atoms with Crippen LogP contribution >= 0.6 is 27.7 Å². The highest BCUT2D eigenvalue weighted by molar-refractivity contribution is 9.10. The molecule has 0 saturated heterocycles. The summed E-state index contributed by atoms with van der Waals surface area (Å²) >= 11 is 2.86. The fourth-order valence-electron chi connectivity index (χ4n) is 0.605. The summed E-state index contributed by atoms with van der Waals surface area (Å²) in [5, 5.41) is 0. The molecule has 65 valence electrons. The van der Waals surface area contributed by atoms with E-state index in [0.29, 0.717) is 4.47 Å². The Morgan fingerprint density at radius 1 is 1.33 bits per heavy atom. The van der Waals surface area contributed by atoms with Crippen molar-refractivity contribution in [1.82, 2.24) is 0 Å². The highest BCUT2D eigenvalue weighted by Gasteiger charge is 2.29. The molecule has 0 aliphatic heterocycles. The first kappa shape index (κ1) is 9.92. The van der Waals surface area contributed by atoms with Gasteiger partial charge in [-0.15, -0.1) is 0 Å². The van der Waals surface area contributed by atoms with Crippen LogP contribution in [0, 0.1) is 6.07 Å². The van der Waals surface area contributed by atoms with Crippen LogP contribution in [0.2, 0.25) is 0 Å². The summed E-state index contributed by atoms with van der Waals surface area (Å²) in [6, 6.07) is 7.05. The van der Waals surface area contributed by atoms with E-state index in [1.165, 1.54) is 12.1 Å². The largest absolute Gasteiger partial charge is 0.446 e. The van der Waals surface area contributed by atoms with Crippen LogP contribution in [0.3, 0.4) is 0 Å². The Kier molecular flexibility index (Phi) is 3.06. The van der Waals surface area contributed by atoms with Gasteiger partial charge in [0.1, 0.15) is 0 Å². The lowest BCUT2D eigenvalue weighted by atomic mass is 10.4. The predicted molar refractivity (Wildman–Crippen MR) is 44.9 cm³/mol. The SMILES string of the molecule is FC(F)(F)Sc1[c]c(Br)ccc1. The van der Waals surface area contributed by atoms with Crippen LogP contribution in [0.15, 0.2) is 27.6 Å². The fourth-order valence-corrected chi connectivity index (χ4v) is 1.66. The predicted octanol–water partition coefficient (Wildman–Crippen LogP) is 3.86. The topological polar surface area (TPSA) is 0 Å². The molecule has 0 N–H and O–H groups in total. The number of rotatable bonds is 1.